The molecule has 0 radical (unpaired) electrons. The van der Waals surface area contributed by atoms with Crippen LogP contribution in [0.2, 0.25) is 0 Å². The lowest BCUT2D eigenvalue weighted by atomic mass is 10.1. The number of rotatable bonds is 5. The molecule has 9 heteroatoms. The van der Waals surface area contributed by atoms with E-state index < -0.39 is 40.7 Å². The molecule has 0 saturated carbocycles. The number of benzene rings is 1. The molecule has 25 heavy (non-hydrogen) atoms. The van der Waals surface area contributed by atoms with Crippen LogP contribution in [0.15, 0.2) is 23.1 Å². The van der Waals surface area contributed by atoms with E-state index in [-0.39, 0.29) is 17.9 Å². The number of nitrogens with one attached hydrogen (secondary N) is 1. The van der Waals surface area contributed by atoms with Gasteiger partial charge in [-0.2, -0.15) is 4.31 Å². The number of aryl methyl sites for hydroxylation is 2. The molecule has 8 nitrogen and oxygen atoms in total. The van der Waals surface area contributed by atoms with E-state index in [1.165, 1.54) is 19.2 Å². The van der Waals surface area contributed by atoms with Crippen LogP contribution >= 0.6 is 0 Å². The fraction of sp³-hybridized carbons (Fsp3) is 0.500. The van der Waals surface area contributed by atoms with Crippen LogP contribution in [0, 0.1) is 13.8 Å². The molecule has 0 bridgehead atoms. The Morgan fingerprint density at radius 3 is 2.60 bits per heavy atom. The molecule has 1 aliphatic heterocycles. The largest absolute Gasteiger partial charge is 0.454 e. The standard InChI is InChI=1S/C16H22N2O6S/c1-10-4-5-13(6-11(10)2)25(22,23)18-8-12(19)7-14(18)16(21)24-9-15(20)17-3/h4-6,12,14,19H,7-9H2,1-3H3,(H,17,20)/t12-,14-/m0/s1. The second-order valence-electron chi connectivity index (χ2n) is 6.01. The van der Waals surface area contributed by atoms with Crippen LogP contribution in [0.4, 0.5) is 0 Å². The van der Waals surface area contributed by atoms with Crippen molar-refractivity contribution in [2.75, 3.05) is 20.2 Å². The summed E-state index contributed by atoms with van der Waals surface area (Å²) in [4.78, 5) is 23.4. The van der Waals surface area contributed by atoms with Crippen LogP contribution in [0.25, 0.3) is 0 Å². The number of nitrogens with zero attached hydrogens (tertiary/aromatic N) is 1. The number of β-amino-alcohol motifs (C(OH)–C–C–N with tert-alkyl or cyclic N) is 1. The molecule has 2 rings (SSSR count). The predicted molar refractivity (Wildman–Crippen MR) is 89.2 cm³/mol. The Labute approximate surface area is 146 Å². The first kappa shape index (κ1) is 19.4. The third-order valence-corrected chi connectivity index (χ3v) is 6.09. The van der Waals surface area contributed by atoms with Gasteiger partial charge in [-0.05, 0) is 37.1 Å². The molecular weight excluding hydrogens is 348 g/mol. The zero-order valence-electron chi connectivity index (χ0n) is 14.4. The summed E-state index contributed by atoms with van der Waals surface area (Å²) in [5.41, 5.74) is 1.75. The van der Waals surface area contributed by atoms with Gasteiger partial charge in [0.1, 0.15) is 6.04 Å². The third kappa shape index (κ3) is 4.17. The molecule has 1 amide bonds. The first-order chi connectivity index (χ1) is 11.7. The summed E-state index contributed by atoms with van der Waals surface area (Å²) in [6.45, 7) is 2.96. The smallest absolute Gasteiger partial charge is 0.325 e. The number of ether oxygens (including phenoxy) is 1. The summed E-state index contributed by atoms with van der Waals surface area (Å²) in [7, 11) is -2.58. The normalized spacial score (nSPS) is 21.1. The molecule has 138 valence electrons. The average Bonchev–Trinajstić information content (AvgIpc) is 2.97. The molecule has 0 unspecified atom stereocenters. The minimum atomic E-state index is -3.98. The van der Waals surface area contributed by atoms with Crippen molar-refractivity contribution in [3.05, 3.63) is 29.3 Å². The van der Waals surface area contributed by atoms with Crippen LogP contribution in [0.1, 0.15) is 17.5 Å². The number of hydrogen-bond donors (Lipinski definition) is 2. The van der Waals surface area contributed by atoms with Gasteiger partial charge in [0.15, 0.2) is 6.61 Å². The minimum Gasteiger partial charge on any atom is -0.454 e. The zero-order chi connectivity index (χ0) is 18.8. The number of sulfonamides is 1. The van der Waals surface area contributed by atoms with Crippen molar-refractivity contribution in [1.82, 2.24) is 9.62 Å². The Morgan fingerprint density at radius 2 is 2.00 bits per heavy atom. The SMILES string of the molecule is CNC(=O)COC(=O)[C@@H]1C[C@H](O)CN1S(=O)(=O)c1ccc(C)c(C)c1. The Hall–Kier alpha value is -1.97. The van der Waals surface area contributed by atoms with Gasteiger partial charge < -0.3 is 15.2 Å². The van der Waals surface area contributed by atoms with E-state index in [1.807, 2.05) is 6.92 Å². The number of aliphatic hydroxyl groups is 1. The van der Waals surface area contributed by atoms with Crippen molar-refractivity contribution < 1.29 is 27.9 Å². The van der Waals surface area contributed by atoms with Crippen molar-refractivity contribution in [1.29, 1.82) is 0 Å². The van der Waals surface area contributed by atoms with Gasteiger partial charge in [-0.25, -0.2) is 8.42 Å². The second kappa shape index (κ2) is 7.51. The molecule has 0 aliphatic carbocycles. The summed E-state index contributed by atoms with van der Waals surface area (Å²) < 4.78 is 31.6. The number of esters is 1. The molecule has 1 saturated heterocycles. The van der Waals surface area contributed by atoms with Gasteiger partial charge in [0.25, 0.3) is 5.91 Å². The molecule has 1 fully saturated rings. The number of carbonyl (C=O) groups excluding carboxylic acids is 2. The summed E-state index contributed by atoms with van der Waals surface area (Å²) >= 11 is 0. The summed E-state index contributed by atoms with van der Waals surface area (Å²) in [5, 5.41) is 12.2. The van der Waals surface area contributed by atoms with Gasteiger partial charge in [0.05, 0.1) is 11.0 Å². The van der Waals surface area contributed by atoms with E-state index in [1.54, 1.807) is 13.0 Å². The van der Waals surface area contributed by atoms with Crippen LogP contribution in [0.3, 0.4) is 0 Å². The molecular formula is C16H22N2O6S. The van der Waals surface area contributed by atoms with E-state index in [4.69, 9.17) is 4.74 Å². The first-order valence-electron chi connectivity index (χ1n) is 7.81. The van der Waals surface area contributed by atoms with Gasteiger partial charge in [-0.1, -0.05) is 6.07 Å². The predicted octanol–water partition coefficient (Wildman–Crippen LogP) is -0.283. The third-order valence-electron chi connectivity index (χ3n) is 4.22. The van der Waals surface area contributed by atoms with Gasteiger partial charge in [-0.3, -0.25) is 9.59 Å². The summed E-state index contributed by atoms with van der Waals surface area (Å²) in [6, 6.07) is 3.52. The van der Waals surface area contributed by atoms with Gasteiger partial charge in [-0.15, -0.1) is 0 Å². The van der Waals surface area contributed by atoms with Gasteiger partial charge in [0, 0.05) is 20.0 Å². The quantitative estimate of drug-likeness (QED) is 0.689. The maximum absolute atomic E-state index is 12.9. The monoisotopic (exact) mass is 370 g/mol. The zero-order valence-corrected chi connectivity index (χ0v) is 15.2. The van der Waals surface area contributed by atoms with Gasteiger partial charge in [0.2, 0.25) is 10.0 Å². The van der Waals surface area contributed by atoms with E-state index in [9.17, 15) is 23.1 Å². The highest BCUT2D eigenvalue weighted by Gasteiger charge is 2.44. The lowest BCUT2D eigenvalue weighted by Gasteiger charge is -2.22. The highest BCUT2D eigenvalue weighted by atomic mass is 32.2. The second-order valence-corrected chi connectivity index (χ2v) is 7.90. The summed E-state index contributed by atoms with van der Waals surface area (Å²) in [5.74, 6) is -1.36. The van der Waals surface area contributed by atoms with Crippen LogP contribution in [0.5, 0.6) is 0 Å². The first-order valence-corrected chi connectivity index (χ1v) is 9.25. The Kier molecular flexibility index (Phi) is 5.81. The molecule has 1 aliphatic rings. The molecule has 0 spiro atoms. The highest BCUT2D eigenvalue weighted by molar-refractivity contribution is 7.89. The number of hydrogen-bond acceptors (Lipinski definition) is 6. The topological polar surface area (TPSA) is 113 Å². The van der Waals surface area contributed by atoms with Crippen molar-refractivity contribution >= 4 is 21.9 Å². The Morgan fingerprint density at radius 1 is 1.32 bits per heavy atom. The molecule has 2 N–H and O–H groups in total. The minimum absolute atomic E-state index is 0.0498. The fourth-order valence-electron chi connectivity index (χ4n) is 2.58. The van der Waals surface area contributed by atoms with Crippen molar-refractivity contribution in [3.63, 3.8) is 0 Å². The van der Waals surface area contributed by atoms with Crippen LogP contribution < -0.4 is 5.32 Å². The van der Waals surface area contributed by atoms with E-state index in [0.717, 1.165) is 15.4 Å². The molecule has 1 heterocycles. The Bertz CT molecular complexity index is 777. The van der Waals surface area contributed by atoms with E-state index >= 15 is 0 Å². The van der Waals surface area contributed by atoms with Crippen molar-refractivity contribution in [2.24, 2.45) is 0 Å². The Balaban J connectivity index is 2.26. The highest BCUT2D eigenvalue weighted by Crippen LogP contribution is 2.28. The molecule has 1 aromatic rings. The summed E-state index contributed by atoms with van der Waals surface area (Å²) in [6.07, 6.45) is -1.05. The van der Waals surface area contributed by atoms with E-state index in [0.29, 0.717) is 0 Å². The van der Waals surface area contributed by atoms with Gasteiger partial charge >= 0.3 is 5.97 Å². The maximum atomic E-state index is 12.9. The number of amides is 1. The molecule has 1 aromatic carbocycles. The lowest BCUT2D eigenvalue weighted by molar-refractivity contribution is -0.151. The number of carbonyl (C=O) groups is 2. The van der Waals surface area contributed by atoms with E-state index in [2.05, 4.69) is 5.32 Å². The maximum Gasteiger partial charge on any atom is 0.325 e. The molecule has 0 aromatic heterocycles. The fourth-order valence-corrected chi connectivity index (χ4v) is 4.29. The van der Waals surface area contributed by atoms with Crippen molar-refractivity contribution in [3.8, 4) is 0 Å². The average molecular weight is 370 g/mol. The van der Waals surface area contributed by atoms with Crippen LogP contribution in [-0.4, -0.2) is 62.1 Å². The number of aliphatic hydroxyl groups excluding tert-OH is 1. The number of likely N-dealkylation sites (N-methyl/N-ethyl adjacent to an activating group) is 1. The lowest BCUT2D eigenvalue weighted by Crippen LogP contribution is -2.42. The van der Waals surface area contributed by atoms with Crippen LogP contribution in [-0.2, 0) is 24.3 Å². The van der Waals surface area contributed by atoms with Crippen molar-refractivity contribution in [2.45, 2.75) is 37.3 Å². The molecule has 2 atom stereocenters.